The zero-order valence-electron chi connectivity index (χ0n) is 11.0. The van der Waals surface area contributed by atoms with Crippen LogP contribution in [0, 0.1) is 6.92 Å². The smallest absolute Gasteiger partial charge is 0.117 e. The van der Waals surface area contributed by atoms with Crippen LogP contribution >= 0.6 is 15.9 Å². The van der Waals surface area contributed by atoms with Gasteiger partial charge in [0.05, 0.1) is 17.6 Å². The summed E-state index contributed by atoms with van der Waals surface area (Å²) >= 11 is 3.54. The van der Waals surface area contributed by atoms with E-state index in [4.69, 9.17) is 5.73 Å². The molecule has 20 heavy (non-hydrogen) atoms. The predicted molar refractivity (Wildman–Crippen MR) is 85.8 cm³/mol. The highest BCUT2D eigenvalue weighted by Gasteiger charge is 2.12. The van der Waals surface area contributed by atoms with Crippen molar-refractivity contribution in [2.75, 3.05) is 5.73 Å². The Labute approximate surface area is 126 Å². The molecule has 0 saturated carbocycles. The Morgan fingerprint density at radius 2 is 1.75 bits per heavy atom. The Morgan fingerprint density at radius 3 is 2.50 bits per heavy atom. The highest BCUT2D eigenvalue weighted by Crippen LogP contribution is 2.31. The summed E-state index contributed by atoms with van der Waals surface area (Å²) in [6.07, 6.45) is 1.86. The molecule has 0 amide bonds. The summed E-state index contributed by atoms with van der Waals surface area (Å²) < 4.78 is 2.82. The summed E-state index contributed by atoms with van der Waals surface area (Å²) in [6, 6.07) is 16.1. The number of aromatic nitrogens is 2. The Kier molecular flexibility index (Phi) is 3.32. The number of benzene rings is 2. The molecule has 4 heteroatoms. The lowest BCUT2D eigenvalue weighted by Crippen LogP contribution is -1.97. The first-order valence-electron chi connectivity index (χ1n) is 6.33. The van der Waals surface area contributed by atoms with Gasteiger partial charge in [-0.1, -0.05) is 52.3 Å². The third-order valence-electron chi connectivity index (χ3n) is 3.23. The van der Waals surface area contributed by atoms with E-state index in [0.717, 1.165) is 27.0 Å². The lowest BCUT2D eigenvalue weighted by atomic mass is 10.1. The normalized spacial score (nSPS) is 10.7. The molecule has 0 aliphatic heterocycles. The van der Waals surface area contributed by atoms with Gasteiger partial charge in [-0.25, -0.2) is 4.68 Å². The van der Waals surface area contributed by atoms with Crippen molar-refractivity contribution in [3.63, 3.8) is 0 Å². The van der Waals surface area contributed by atoms with Gasteiger partial charge in [0.15, 0.2) is 0 Å². The molecule has 2 aromatic carbocycles. The quantitative estimate of drug-likeness (QED) is 0.766. The van der Waals surface area contributed by atoms with Crippen molar-refractivity contribution in [1.82, 2.24) is 9.78 Å². The van der Waals surface area contributed by atoms with E-state index in [1.165, 1.54) is 0 Å². The molecule has 0 fully saturated rings. The van der Waals surface area contributed by atoms with Crippen LogP contribution in [0.5, 0.6) is 0 Å². The molecule has 0 saturated heterocycles. The first-order chi connectivity index (χ1) is 9.66. The van der Waals surface area contributed by atoms with Gasteiger partial charge in [0.1, 0.15) is 5.69 Å². The molecule has 0 aliphatic carbocycles. The first kappa shape index (κ1) is 12.9. The molecule has 0 atom stereocenters. The molecular formula is C16H14BrN3. The Morgan fingerprint density at radius 1 is 1.05 bits per heavy atom. The lowest BCUT2D eigenvalue weighted by Gasteiger charge is -2.05. The topological polar surface area (TPSA) is 43.8 Å². The maximum Gasteiger partial charge on any atom is 0.117 e. The van der Waals surface area contributed by atoms with Crippen LogP contribution in [0.4, 0.5) is 5.69 Å². The number of halogens is 1. The van der Waals surface area contributed by atoms with Crippen LogP contribution in [-0.4, -0.2) is 9.78 Å². The molecule has 0 aliphatic rings. The molecule has 3 nitrogen and oxygen atoms in total. The average molecular weight is 328 g/mol. The summed E-state index contributed by atoms with van der Waals surface area (Å²) in [4.78, 5) is 0. The number of para-hydroxylation sites is 1. The van der Waals surface area contributed by atoms with Gasteiger partial charge in [-0.2, -0.15) is 5.10 Å². The van der Waals surface area contributed by atoms with Crippen LogP contribution in [0.2, 0.25) is 0 Å². The average Bonchev–Trinajstić information content (AvgIpc) is 2.81. The van der Waals surface area contributed by atoms with Crippen LogP contribution in [0.3, 0.4) is 0 Å². The number of aryl methyl sites for hydroxylation is 1. The molecule has 0 bridgehead atoms. The summed E-state index contributed by atoms with van der Waals surface area (Å²) in [6.45, 7) is 2.06. The predicted octanol–water partition coefficient (Wildman–Crippen LogP) is 4.19. The number of rotatable bonds is 2. The third kappa shape index (κ3) is 2.23. The molecular weight excluding hydrogens is 314 g/mol. The maximum atomic E-state index is 6.13. The van der Waals surface area contributed by atoms with Crippen molar-refractivity contribution in [3.05, 3.63) is 64.8 Å². The standard InChI is InChI=1S/C16H14BrN3/c1-11-6-2-5-9-15(11)20-10-14(18)16(19-20)12-7-3-4-8-13(12)17/h2-10H,18H2,1H3. The monoisotopic (exact) mass is 327 g/mol. The van der Waals surface area contributed by atoms with Gasteiger partial charge >= 0.3 is 0 Å². The second-order valence-corrected chi connectivity index (χ2v) is 5.50. The van der Waals surface area contributed by atoms with Gasteiger partial charge in [-0.3, -0.25) is 0 Å². The zero-order valence-corrected chi connectivity index (χ0v) is 12.6. The van der Waals surface area contributed by atoms with Crippen LogP contribution in [0.25, 0.3) is 16.9 Å². The fourth-order valence-electron chi connectivity index (χ4n) is 2.19. The van der Waals surface area contributed by atoms with E-state index in [2.05, 4.69) is 34.0 Å². The van der Waals surface area contributed by atoms with E-state index >= 15 is 0 Å². The molecule has 0 unspecified atom stereocenters. The molecule has 100 valence electrons. The number of hydrogen-bond donors (Lipinski definition) is 1. The molecule has 0 spiro atoms. The van der Waals surface area contributed by atoms with E-state index < -0.39 is 0 Å². The molecule has 3 rings (SSSR count). The molecule has 0 radical (unpaired) electrons. The van der Waals surface area contributed by atoms with Gasteiger partial charge in [0.25, 0.3) is 0 Å². The van der Waals surface area contributed by atoms with Crippen molar-refractivity contribution < 1.29 is 0 Å². The van der Waals surface area contributed by atoms with Crippen molar-refractivity contribution in [1.29, 1.82) is 0 Å². The van der Waals surface area contributed by atoms with Gasteiger partial charge in [-0.15, -0.1) is 0 Å². The van der Waals surface area contributed by atoms with Crippen LogP contribution in [-0.2, 0) is 0 Å². The second kappa shape index (κ2) is 5.13. The molecule has 3 aromatic rings. The molecule has 2 N–H and O–H groups in total. The van der Waals surface area contributed by atoms with Crippen molar-refractivity contribution >= 4 is 21.6 Å². The van der Waals surface area contributed by atoms with E-state index in [1.54, 1.807) is 0 Å². The molecule has 1 heterocycles. The number of nitrogens with two attached hydrogens (primary N) is 1. The minimum Gasteiger partial charge on any atom is -0.396 e. The summed E-state index contributed by atoms with van der Waals surface area (Å²) in [7, 11) is 0. The lowest BCUT2D eigenvalue weighted by molar-refractivity contribution is 0.876. The first-order valence-corrected chi connectivity index (χ1v) is 7.12. The van der Waals surface area contributed by atoms with Crippen molar-refractivity contribution in [2.45, 2.75) is 6.92 Å². The van der Waals surface area contributed by atoms with E-state index in [9.17, 15) is 0 Å². The van der Waals surface area contributed by atoms with Gasteiger partial charge in [-0.05, 0) is 24.6 Å². The largest absolute Gasteiger partial charge is 0.396 e. The molecule has 1 aromatic heterocycles. The third-order valence-corrected chi connectivity index (χ3v) is 3.93. The minimum atomic E-state index is 0.667. The fourth-order valence-corrected chi connectivity index (χ4v) is 2.67. The highest BCUT2D eigenvalue weighted by molar-refractivity contribution is 9.10. The number of hydrogen-bond acceptors (Lipinski definition) is 2. The van der Waals surface area contributed by atoms with Crippen molar-refractivity contribution in [2.24, 2.45) is 0 Å². The van der Waals surface area contributed by atoms with E-state index in [0.29, 0.717) is 5.69 Å². The van der Waals surface area contributed by atoms with E-state index in [1.807, 2.05) is 53.3 Å². The number of anilines is 1. The van der Waals surface area contributed by atoms with Gasteiger partial charge in [0, 0.05) is 10.0 Å². The van der Waals surface area contributed by atoms with Crippen LogP contribution in [0.1, 0.15) is 5.56 Å². The van der Waals surface area contributed by atoms with Crippen LogP contribution in [0.15, 0.2) is 59.2 Å². The fraction of sp³-hybridized carbons (Fsp3) is 0.0625. The Hall–Kier alpha value is -2.07. The highest BCUT2D eigenvalue weighted by atomic mass is 79.9. The summed E-state index contributed by atoms with van der Waals surface area (Å²) in [5, 5.41) is 4.63. The summed E-state index contributed by atoms with van der Waals surface area (Å²) in [5.41, 5.74) is 10.8. The number of nitrogens with zero attached hydrogens (tertiary/aromatic N) is 2. The Balaban J connectivity index is 2.13. The zero-order chi connectivity index (χ0) is 14.1. The SMILES string of the molecule is Cc1ccccc1-n1cc(N)c(-c2ccccc2Br)n1. The Bertz CT molecular complexity index is 762. The minimum absolute atomic E-state index is 0.667. The number of nitrogen functional groups attached to an aromatic ring is 1. The maximum absolute atomic E-state index is 6.13. The van der Waals surface area contributed by atoms with E-state index in [-0.39, 0.29) is 0 Å². The van der Waals surface area contributed by atoms with Gasteiger partial charge in [0.2, 0.25) is 0 Å². The second-order valence-electron chi connectivity index (χ2n) is 4.64. The van der Waals surface area contributed by atoms with Gasteiger partial charge < -0.3 is 5.73 Å². The summed E-state index contributed by atoms with van der Waals surface area (Å²) in [5.74, 6) is 0. The van der Waals surface area contributed by atoms with Crippen molar-refractivity contribution in [3.8, 4) is 16.9 Å². The van der Waals surface area contributed by atoms with Crippen LogP contribution < -0.4 is 5.73 Å².